The van der Waals surface area contributed by atoms with Gasteiger partial charge in [-0.05, 0) is 24.8 Å². The maximum absolute atomic E-state index is 11.9. The number of benzene rings is 1. The molecule has 1 aromatic carbocycles. The van der Waals surface area contributed by atoms with Gasteiger partial charge in [0, 0.05) is 12.0 Å². The second kappa shape index (κ2) is 7.24. The van der Waals surface area contributed by atoms with E-state index in [2.05, 4.69) is 19.3 Å². The molecule has 114 valence electrons. The molecule has 5 heteroatoms. The van der Waals surface area contributed by atoms with Gasteiger partial charge in [0.1, 0.15) is 18.0 Å². The zero-order valence-corrected chi connectivity index (χ0v) is 12.5. The molecule has 0 aliphatic carbocycles. The van der Waals surface area contributed by atoms with E-state index in [-0.39, 0.29) is 12.5 Å². The first-order valence-corrected chi connectivity index (χ1v) is 7.22. The van der Waals surface area contributed by atoms with Crippen molar-refractivity contribution in [1.82, 2.24) is 5.43 Å². The van der Waals surface area contributed by atoms with Crippen molar-refractivity contribution in [1.29, 1.82) is 0 Å². The third-order valence-corrected chi connectivity index (χ3v) is 3.33. The minimum absolute atomic E-state index is 0.273. The van der Waals surface area contributed by atoms with Crippen molar-refractivity contribution in [3.63, 3.8) is 0 Å². The molecule has 0 saturated carbocycles. The van der Waals surface area contributed by atoms with E-state index >= 15 is 0 Å². The number of carbonyl (C=O) groups excluding carboxylic acids is 1. The molecule has 0 spiro atoms. The van der Waals surface area contributed by atoms with Gasteiger partial charge in [0.05, 0.1) is 5.56 Å². The first kappa shape index (κ1) is 15.5. The fourth-order valence-electron chi connectivity index (χ4n) is 2.28. The van der Waals surface area contributed by atoms with E-state index in [0.29, 0.717) is 29.4 Å². The van der Waals surface area contributed by atoms with Crippen LogP contribution >= 0.6 is 0 Å². The Morgan fingerprint density at radius 2 is 2.14 bits per heavy atom. The van der Waals surface area contributed by atoms with Gasteiger partial charge in [-0.25, -0.2) is 5.84 Å². The van der Waals surface area contributed by atoms with Crippen molar-refractivity contribution in [2.24, 2.45) is 11.8 Å². The lowest BCUT2D eigenvalue weighted by Gasteiger charge is -2.06. The summed E-state index contributed by atoms with van der Waals surface area (Å²) in [7, 11) is 0. The molecule has 0 atom stereocenters. The number of fused-ring (bicyclic) bond motifs is 1. The van der Waals surface area contributed by atoms with Crippen LogP contribution < -0.4 is 11.3 Å². The number of rotatable bonds is 7. The predicted molar refractivity (Wildman–Crippen MR) is 81.6 cm³/mol. The largest absolute Gasteiger partial charge is 0.458 e. The fourth-order valence-corrected chi connectivity index (χ4v) is 2.28. The summed E-state index contributed by atoms with van der Waals surface area (Å²) in [6.45, 7) is 5.29. The minimum Gasteiger partial charge on any atom is -0.458 e. The molecule has 0 aliphatic heterocycles. The Labute approximate surface area is 124 Å². The highest BCUT2D eigenvalue weighted by atomic mass is 16.5. The van der Waals surface area contributed by atoms with Crippen molar-refractivity contribution in [2.45, 2.75) is 33.3 Å². The lowest BCUT2D eigenvalue weighted by atomic mass is 10.1. The van der Waals surface area contributed by atoms with Crippen LogP contribution in [0.3, 0.4) is 0 Å². The normalized spacial score (nSPS) is 11.2. The van der Waals surface area contributed by atoms with E-state index < -0.39 is 0 Å². The van der Waals surface area contributed by atoms with Crippen LogP contribution in [-0.2, 0) is 11.3 Å². The van der Waals surface area contributed by atoms with Crippen LogP contribution in [0.25, 0.3) is 11.0 Å². The maximum atomic E-state index is 11.9. The summed E-state index contributed by atoms with van der Waals surface area (Å²) < 4.78 is 11.3. The molecule has 1 amide bonds. The minimum atomic E-state index is -0.360. The Balaban J connectivity index is 2.09. The van der Waals surface area contributed by atoms with Crippen molar-refractivity contribution in [3.8, 4) is 0 Å². The molecule has 0 unspecified atom stereocenters. The Morgan fingerprint density at radius 3 is 2.86 bits per heavy atom. The number of hydrazine groups is 1. The lowest BCUT2D eigenvalue weighted by Crippen LogP contribution is -2.30. The zero-order valence-electron chi connectivity index (χ0n) is 12.5. The molecule has 2 rings (SSSR count). The van der Waals surface area contributed by atoms with Gasteiger partial charge in [-0.3, -0.25) is 10.2 Å². The average Bonchev–Trinajstić information content (AvgIpc) is 2.84. The predicted octanol–water partition coefficient (Wildman–Crippen LogP) is 2.99. The number of para-hydroxylation sites is 1. The molecule has 5 nitrogen and oxygen atoms in total. The smallest absolute Gasteiger partial charge is 0.269 e. The molecule has 0 fully saturated rings. The maximum Gasteiger partial charge on any atom is 0.269 e. The molecular formula is C16H22N2O3. The average molecular weight is 290 g/mol. The van der Waals surface area contributed by atoms with Crippen LogP contribution in [0.4, 0.5) is 0 Å². The lowest BCUT2D eigenvalue weighted by molar-refractivity contribution is 0.0910. The van der Waals surface area contributed by atoms with E-state index in [4.69, 9.17) is 15.0 Å². The Hall–Kier alpha value is -1.85. The van der Waals surface area contributed by atoms with Crippen molar-refractivity contribution in [2.75, 3.05) is 6.61 Å². The van der Waals surface area contributed by atoms with Crippen LogP contribution in [0, 0.1) is 5.92 Å². The van der Waals surface area contributed by atoms with Gasteiger partial charge in [-0.15, -0.1) is 0 Å². The topological polar surface area (TPSA) is 77.5 Å². The van der Waals surface area contributed by atoms with Crippen molar-refractivity contribution in [3.05, 3.63) is 35.6 Å². The summed E-state index contributed by atoms with van der Waals surface area (Å²) in [5.41, 5.74) is 3.28. The van der Waals surface area contributed by atoms with E-state index in [1.165, 1.54) is 0 Å². The number of furan rings is 1. The Bertz CT molecular complexity index is 605. The molecule has 1 aromatic heterocycles. The van der Waals surface area contributed by atoms with Crippen LogP contribution in [0.15, 0.2) is 28.7 Å². The first-order valence-electron chi connectivity index (χ1n) is 7.22. The summed E-state index contributed by atoms with van der Waals surface area (Å²) in [5.74, 6) is 6.07. The number of hydrogen-bond donors (Lipinski definition) is 2. The van der Waals surface area contributed by atoms with E-state index in [0.717, 1.165) is 18.2 Å². The second-order valence-electron chi connectivity index (χ2n) is 5.46. The molecular weight excluding hydrogens is 268 g/mol. The van der Waals surface area contributed by atoms with Gasteiger partial charge >= 0.3 is 0 Å². The fraction of sp³-hybridized carbons (Fsp3) is 0.438. The molecule has 0 saturated heterocycles. The van der Waals surface area contributed by atoms with Gasteiger partial charge in [0.25, 0.3) is 5.91 Å². The number of nitrogen functional groups attached to an aromatic ring is 1. The highest BCUT2D eigenvalue weighted by Crippen LogP contribution is 2.26. The highest BCUT2D eigenvalue weighted by Gasteiger charge is 2.19. The molecule has 0 bridgehead atoms. The Kier molecular flexibility index (Phi) is 5.36. The summed E-state index contributed by atoms with van der Waals surface area (Å²) in [4.78, 5) is 11.9. The van der Waals surface area contributed by atoms with Gasteiger partial charge in [0.2, 0.25) is 0 Å². The number of carbonyl (C=O) groups is 1. The molecule has 0 aliphatic rings. The molecule has 21 heavy (non-hydrogen) atoms. The quantitative estimate of drug-likeness (QED) is 0.356. The molecule has 3 N–H and O–H groups in total. The van der Waals surface area contributed by atoms with E-state index in [1.807, 2.05) is 24.3 Å². The number of hydrogen-bond acceptors (Lipinski definition) is 4. The van der Waals surface area contributed by atoms with Gasteiger partial charge in [-0.2, -0.15) is 0 Å². The van der Waals surface area contributed by atoms with Crippen LogP contribution in [0.5, 0.6) is 0 Å². The molecule has 0 radical (unpaired) electrons. The van der Waals surface area contributed by atoms with Crippen LogP contribution in [0.2, 0.25) is 0 Å². The number of nitrogens with two attached hydrogens (primary N) is 1. The van der Waals surface area contributed by atoms with Gasteiger partial charge in [-0.1, -0.05) is 32.0 Å². The summed E-state index contributed by atoms with van der Waals surface area (Å²) in [6, 6.07) is 7.39. The first-order chi connectivity index (χ1) is 10.1. The number of nitrogens with one attached hydrogen (secondary N) is 1. The van der Waals surface area contributed by atoms with Gasteiger partial charge in [0.15, 0.2) is 0 Å². The zero-order chi connectivity index (χ0) is 15.2. The SMILES string of the molecule is CC(C)CCCOCc1oc2ccccc2c1C(=O)NN. The summed E-state index contributed by atoms with van der Waals surface area (Å²) in [5, 5.41) is 0.751. The van der Waals surface area contributed by atoms with E-state index in [1.54, 1.807) is 0 Å². The number of amides is 1. The summed E-state index contributed by atoms with van der Waals surface area (Å²) in [6.07, 6.45) is 2.12. The van der Waals surface area contributed by atoms with Crippen LogP contribution in [-0.4, -0.2) is 12.5 Å². The third-order valence-electron chi connectivity index (χ3n) is 3.33. The van der Waals surface area contributed by atoms with Crippen molar-refractivity contribution < 1.29 is 13.9 Å². The number of ether oxygens (including phenoxy) is 1. The second-order valence-corrected chi connectivity index (χ2v) is 5.46. The summed E-state index contributed by atoms with van der Waals surface area (Å²) >= 11 is 0. The van der Waals surface area contributed by atoms with Gasteiger partial charge < -0.3 is 9.15 Å². The monoisotopic (exact) mass is 290 g/mol. The molecule has 1 heterocycles. The Morgan fingerprint density at radius 1 is 1.38 bits per heavy atom. The highest BCUT2D eigenvalue weighted by molar-refractivity contribution is 6.06. The standard InChI is InChI=1S/C16H22N2O3/c1-11(2)6-5-9-20-10-14-15(16(19)18-17)12-7-3-4-8-13(12)21-14/h3-4,7-8,11H,5-6,9-10,17H2,1-2H3,(H,18,19). The van der Waals surface area contributed by atoms with E-state index in [9.17, 15) is 4.79 Å². The third kappa shape index (κ3) is 3.83. The van der Waals surface area contributed by atoms with Crippen LogP contribution in [0.1, 0.15) is 42.8 Å². The van der Waals surface area contributed by atoms with Crippen molar-refractivity contribution >= 4 is 16.9 Å². The molecule has 2 aromatic rings.